The highest BCUT2D eigenvalue weighted by Gasteiger charge is 2.08. The second-order valence-corrected chi connectivity index (χ2v) is 3.93. The Morgan fingerprint density at radius 2 is 2.17 bits per heavy atom. The zero-order valence-electron chi connectivity index (χ0n) is 10.6. The van der Waals surface area contributed by atoms with Crippen molar-refractivity contribution in [3.8, 4) is 0 Å². The lowest BCUT2D eigenvalue weighted by molar-refractivity contribution is 0.0952. The summed E-state index contributed by atoms with van der Waals surface area (Å²) in [5, 5.41) is 6.32. The van der Waals surface area contributed by atoms with Crippen molar-refractivity contribution >= 4 is 5.91 Å². The molecule has 96 valence electrons. The smallest absolute Gasteiger partial charge is 0.251 e. The van der Waals surface area contributed by atoms with Crippen LogP contribution in [-0.4, -0.2) is 19.0 Å². The summed E-state index contributed by atoms with van der Waals surface area (Å²) < 4.78 is 0. The molecule has 0 aromatic heterocycles. The summed E-state index contributed by atoms with van der Waals surface area (Å²) in [7, 11) is 0. The van der Waals surface area contributed by atoms with E-state index in [1.54, 1.807) is 0 Å². The van der Waals surface area contributed by atoms with Gasteiger partial charge in [-0.15, -0.1) is 0 Å². The van der Waals surface area contributed by atoms with Crippen LogP contribution < -0.4 is 5.32 Å². The zero-order valence-corrected chi connectivity index (χ0v) is 10.6. The minimum absolute atomic E-state index is 0.0313. The molecule has 0 atom stereocenters. The van der Waals surface area contributed by atoms with Gasteiger partial charge in [-0.25, -0.2) is 0 Å². The van der Waals surface area contributed by atoms with Crippen molar-refractivity contribution in [1.82, 2.24) is 5.32 Å². The predicted octanol–water partition coefficient (Wildman–Crippen LogP) is 3.07. The lowest BCUT2D eigenvalue weighted by atomic mass is 10.0. The summed E-state index contributed by atoms with van der Waals surface area (Å²) in [5.74, 6) is -0.0313. The van der Waals surface area contributed by atoms with Gasteiger partial charge in [-0.05, 0) is 36.4 Å². The number of carbonyl (C=O) groups is 1. The Hall–Kier alpha value is -2.00. The molecule has 1 aromatic rings. The number of aryl methyl sites for hydroxylation is 1. The molecule has 0 heterocycles. The summed E-state index contributed by atoms with van der Waals surface area (Å²) >= 11 is 0. The summed E-state index contributed by atoms with van der Waals surface area (Å²) in [5.41, 5.74) is 9.91. The highest BCUT2D eigenvalue weighted by molar-refractivity contribution is 5.95. The van der Waals surface area contributed by atoms with Gasteiger partial charge in [0, 0.05) is 23.6 Å². The van der Waals surface area contributed by atoms with Crippen molar-refractivity contribution in [3.05, 3.63) is 45.8 Å². The third kappa shape index (κ3) is 4.47. The van der Waals surface area contributed by atoms with Gasteiger partial charge in [0.05, 0.1) is 0 Å². The number of hydrogen-bond acceptors (Lipinski definition) is 2. The number of nitrogens with one attached hydrogen (secondary N) is 1. The van der Waals surface area contributed by atoms with E-state index in [1.807, 2.05) is 31.2 Å². The minimum Gasteiger partial charge on any atom is -0.352 e. The molecule has 0 unspecified atom stereocenters. The summed E-state index contributed by atoms with van der Waals surface area (Å²) in [6.07, 6.45) is 2.46. The number of rotatable bonds is 7. The van der Waals surface area contributed by atoms with Crippen LogP contribution in [-0.2, 0) is 6.42 Å². The van der Waals surface area contributed by atoms with E-state index in [1.165, 1.54) is 0 Å². The molecule has 0 spiro atoms. The minimum atomic E-state index is -0.0313. The largest absolute Gasteiger partial charge is 0.352 e. The number of hydrogen-bond donors (Lipinski definition) is 1. The number of nitrogens with zero attached hydrogens (tertiary/aromatic N) is 3. The number of amides is 1. The van der Waals surface area contributed by atoms with Gasteiger partial charge in [-0.1, -0.05) is 30.2 Å². The topological polar surface area (TPSA) is 77.9 Å². The van der Waals surface area contributed by atoms with Gasteiger partial charge in [0.1, 0.15) is 0 Å². The van der Waals surface area contributed by atoms with Gasteiger partial charge in [0.15, 0.2) is 0 Å². The maximum absolute atomic E-state index is 11.9. The fourth-order valence-corrected chi connectivity index (χ4v) is 1.70. The average molecular weight is 246 g/mol. The van der Waals surface area contributed by atoms with Gasteiger partial charge < -0.3 is 5.32 Å². The van der Waals surface area contributed by atoms with Crippen molar-refractivity contribution in [1.29, 1.82) is 0 Å². The SMILES string of the molecule is CCc1ccccc1C(=O)NCCCCN=[N+]=[N-]. The molecular weight excluding hydrogens is 228 g/mol. The summed E-state index contributed by atoms with van der Waals surface area (Å²) in [6, 6.07) is 7.62. The maximum Gasteiger partial charge on any atom is 0.251 e. The molecule has 0 bridgehead atoms. The van der Waals surface area contributed by atoms with E-state index in [9.17, 15) is 4.79 Å². The van der Waals surface area contributed by atoms with Gasteiger partial charge in [0.2, 0.25) is 0 Å². The lowest BCUT2D eigenvalue weighted by Crippen LogP contribution is -2.25. The molecule has 0 aliphatic heterocycles. The van der Waals surface area contributed by atoms with Gasteiger partial charge in [0.25, 0.3) is 5.91 Å². The molecule has 5 heteroatoms. The standard InChI is InChI=1S/C13H18N4O/c1-2-11-7-3-4-8-12(11)13(18)15-9-5-6-10-16-17-14/h3-4,7-8H,2,5-6,9-10H2,1H3,(H,15,18). The lowest BCUT2D eigenvalue weighted by Gasteiger charge is -2.08. The Morgan fingerprint density at radius 1 is 1.39 bits per heavy atom. The van der Waals surface area contributed by atoms with Crippen LogP contribution in [0, 0.1) is 0 Å². The van der Waals surface area contributed by atoms with Crippen molar-refractivity contribution in [2.45, 2.75) is 26.2 Å². The third-order valence-electron chi connectivity index (χ3n) is 2.68. The highest BCUT2D eigenvalue weighted by atomic mass is 16.1. The second kappa shape index (κ2) is 8.14. The zero-order chi connectivity index (χ0) is 13.2. The van der Waals surface area contributed by atoms with Crippen molar-refractivity contribution in [2.24, 2.45) is 5.11 Å². The third-order valence-corrected chi connectivity index (χ3v) is 2.68. The van der Waals surface area contributed by atoms with Crippen LogP contribution in [0.25, 0.3) is 10.4 Å². The Morgan fingerprint density at radius 3 is 2.89 bits per heavy atom. The normalized spacial score (nSPS) is 9.61. The average Bonchev–Trinajstić information content (AvgIpc) is 2.42. The molecule has 0 saturated heterocycles. The predicted molar refractivity (Wildman–Crippen MR) is 71.4 cm³/mol. The highest BCUT2D eigenvalue weighted by Crippen LogP contribution is 2.09. The number of azide groups is 1. The van der Waals surface area contributed by atoms with Crippen LogP contribution >= 0.6 is 0 Å². The van der Waals surface area contributed by atoms with Crippen LogP contribution in [0.2, 0.25) is 0 Å². The fraction of sp³-hybridized carbons (Fsp3) is 0.462. The second-order valence-electron chi connectivity index (χ2n) is 3.93. The van der Waals surface area contributed by atoms with E-state index in [0.29, 0.717) is 13.1 Å². The van der Waals surface area contributed by atoms with E-state index in [0.717, 1.165) is 30.4 Å². The van der Waals surface area contributed by atoms with Gasteiger partial charge >= 0.3 is 0 Å². The molecule has 18 heavy (non-hydrogen) atoms. The Bertz CT molecular complexity index is 438. The Balaban J connectivity index is 2.38. The van der Waals surface area contributed by atoms with Crippen LogP contribution in [0.4, 0.5) is 0 Å². The van der Waals surface area contributed by atoms with Crippen molar-refractivity contribution in [2.75, 3.05) is 13.1 Å². The van der Waals surface area contributed by atoms with Crippen LogP contribution in [0.1, 0.15) is 35.7 Å². The van der Waals surface area contributed by atoms with E-state index in [2.05, 4.69) is 15.3 Å². The molecule has 1 rings (SSSR count). The molecule has 0 fully saturated rings. The van der Waals surface area contributed by atoms with Crippen LogP contribution in [0.15, 0.2) is 29.4 Å². The van der Waals surface area contributed by atoms with Gasteiger partial charge in [-0.3, -0.25) is 4.79 Å². The molecule has 0 radical (unpaired) electrons. The first-order valence-electron chi connectivity index (χ1n) is 6.16. The molecule has 1 amide bonds. The first kappa shape index (κ1) is 14.1. The molecule has 0 aliphatic carbocycles. The van der Waals surface area contributed by atoms with Crippen molar-refractivity contribution < 1.29 is 4.79 Å². The first-order valence-corrected chi connectivity index (χ1v) is 6.16. The van der Waals surface area contributed by atoms with E-state index < -0.39 is 0 Å². The molecule has 5 nitrogen and oxygen atoms in total. The Labute approximate surface area is 107 Å². The molecule has 1 aromatic carbocycles. The quantitative estimate of drug-likeness (QED) is 0.341. The van der Waals surface area contributed by atoms with Crippen molar-refractivity contribution in [3.63, 3.8) is 0 Å². The molecule has 0 aliphatic rings. The van der Waals surface area contributed by atoms with Crippen LogP contribution in [0.5, 0.6) is 0 Å². The Kier molecular flexibility index (Phi) is 6.36. The first-order chi connectivity index (χ1) is 8.79. The molecular formula is C13H18N4O. The molecule has 0 saturated carbocycles. The van der Waals surface area contributed by atoms with E-state index in [4.69, 9.17) is 5.53 Å². The monoisotopic (exact) mass is 246 g/mol. The summed E-state index contributed by atoms with van der Waals surface area (Å²) in [6.45, 7) is 3.13. The number of unbranched alkanes of at least 4 members (excludes halogenated alkanes) is 1. The summed E-state index contributed by atoms with van der Waals surface area (Å²) in [4.78, 5) is 14.6. The van der Waals surface area contributed by atoms with Crippen LogP contribution in [0.3, 0.4) is 0 Å². The number of benzene rings is 1. The maximum atomic E-state index is 11.9. The van der Waals surface area contributed by atoms with E-state index in [-0.39, 0.29) is 5.91 Å². The fourth-order valence-electron chi connectivity index (χ4n) is 1.70. The van der Waals surface area contributed by atoms with E-state index >= 15 is 0 Å². The molecule has 1 N–H and O–H groups in total. The number of carbonyl (C=O) groups excluding carboxylic acids is 1. The van der Waals surface area contributed by atoms with Gasteiger partial charge in [-0.2, -0.15) is 0 Å².